The number of hydrogen-bond acceptors (Lipinski definition) is 2. The molecule has 0 amide bonds. The molecule has 0 aliphatic carbocycles. The third kappa shape index (κ3) is 4.78. The predicted molar refractivity (Wildman–Crippen MR) is 71.6 cm³/mol. The van der Waals surface area contributed by atoms with Crippen molar-refractivity contribution in [3.05, 3.63) is 0 Å². The highest BCUT2D eigenvalue weighted by Gasteiger charge is 2.31. The standard InChI is InChI=1S/C13H27NS/c1-10-11(7-8-15-10)14-13(5,6)9-12(2,3)4/h10-11,14H,7-9H2,1-6H3. The van der Waals surface area contributed by atoms with E-state index in [9.17, 15) is 0 Å². The third-order valence-corrected chi connectivity index (χ3v) is 4.25. The van der Waals surface area contributed by atoms with Crippen molar-refractivity contribution >= 4 is 11.8 Å². The van der Waals surface area contributed by atoms with Crippen LogP contribution >= 0.6 is 11.8 Å². The van der Waals surface area contributed by atoms with E-state index in [1.165, 1.54) is 18.6 Å². The zero-order valence-corrected chi connectivity index (χ0v) is 12.0. The quantitative estimate of drug-likeness (QED) is 0.792. The fourth-order valence-electron chi connectivity index (χ4n) is 2.80. The van der Waals surface area contributed by atoms with Crippen molar-refractivity contribution in [2.24, 2.45) is 5.41 Å². The minimum Gasteiger partial charge on any atom is -0.308 e. The molecule has 1 fully saturated rings. The monoisotopic (exact) mass is 229 g/mol. The first-order valence-electron chi connectivity index (χ1n) is 6.09. The van der Waals surface area contributed by atoms with Crippen LogP contribution in [0, 0.1) is 5.41 Å². The summed E-state index contributed by atoms with van der Waals surface area (Å²) in [5.41, 5.74) is 0.674. The zero-order chi connectivity index (χ0) is 11.7. The van der Waals surface area contributed by atoms with Crippen molar-refractivity contribution in [3.8, 4) is 0 Å². The molecule has 1 heterocycles. The molecule has 0 aromatic rings. The Morgan fingerprint density at radius 3 is 2.20 bits per heavy atom. The van der Waals surface area contributed by atoms with Crippen LogP contribution in [-0.2, 0) is 0 Å². The van der Waals surface area contributed by atoms with Crippen LogP contribution in [0.5, 0.6) is 0 Å². The fourth-order valence-corrected chi connectivity index (χ4v) is 4.00. The average molecular weight is 229 g/mol. The van der Waals surface area contributed by atoms with Gasteiger partial charge in [-0.3, -0.25) is 0 Å². The summed E-state index contributed by atoms with van der Waals surface area (Å²) in [5.74, 6) is 1.32. The lowest BCUT2D eigenvalue weighted by molar-refractivity contribution is 0.222. The Morgan fingerprint density at radius 1 is 1.20 bits per heavy atom. The van der Waals surface area contributed by atoms with Gasteiger partial charge >= 0.3 is 0 Å². The molecule has 2 atom stereocenters. The lowest BCUT2D eigenvalue weighted by Gasteiger charge is -2.36. The molecule has 90 valence electrons. The molecular formula is C13H27NS. The Kier molecular flexibility index (Phi) is 4.16. The van der Waals surface area contributed by atoms with E-state index in [2.05, 4.69) is 58.6 Å². The molecule has 0 aromatic heterocycles. The molecule has 0 radical (unpaired) electrons. The van der Waals surface area contributed by atoms with Gasteiger partial charge in [0.2, 0.25) is 0 Å². The minimum atomic E-state index is 0.266. The normalized spacial score (nSPS) is 28.4. The van der Waals surface area contributed by atoms with Crippen molar-refractivity contribution in [2.75, 3.05) is 5.75 Å². The number of nitrogens with one attached hydrogen (secondary N) is 1. The van der Waals surface area contributed by atoms with Gasteiger partial charge in [-0.15, -0.1) is 0 Å². The van der Waals surface area contributed by atoms with Crippen LogP contribution in [-0.4, -0.2) is 22.6 Å². The van der Waals surface area contributed by atoms with E-state index in [1.54, 1.807) is 0 Å². The van der Waals surface area contributed by atoms with Gasteiger partial charge in [0.1, 0.15) is 0 Å². The van der Waals surface area contributed by atoms with Gasteiger partial charge in [0.05, 0.1) is 0 Å². The minimum absolute atomic E-state index is 0.266. The van der Waals surface area contributed by atoms with Crippen molar-refractivity contribution in [3.63, 3.8) is 0 Å². The molecule has 1 saturated heterocycles. The highest BCUT2D eigenvalue weighted by atomic mass is 32.2. The van der Waals surface area contributed by atoms with Crippen LogP contribution in [0.1, 0.15) is 54.4 Å². The Hall–Kier alpha value is 0.310. The van der Waals surface area contributed by atoms with E-state index < -0.39 is 0 Å². The van der Waals surface area contributed by atoms with Gasteiger partial charge in [0.25, 0.3) is 0 Å². The van der Waals surface area contributed by atoms with Crippen molar-refractivity contribution in [1.82, 2.24) is 5.32 Å². The second kappa shape index (κ2) is 4.67. The van der Waals surface area contributed by atoms with Crippen molar-refractivity contribution < 1.29 is 0 Å². The Bertz CT molecular complexity index is 205. The molecule has 2 unspecified atom stereocenters. The second-order valence-electron chi connectivity index (χ2n) is 6.74. The highest BCUT2D eigenvalue weighted by molar-refractivity contribution is 8.00. The summed E-state index contributed by atoms with van der Waals surface area (Å²) in [6, 6.07) is 0.715. The highest BCUT2D eigenvalue weighted by Crippen LogP contribution is 2.31. The molecule has 0 aromatic carbocycles. The zero-order valence-electron chi connectivity index (χ0n) is 11.2. The molecule has 15 heavy (non-hydrogen) atoms. The molecule has 2 heteroatoms. The van der Waals surface area contributed by atoms with E-state index >= 15 is 0 Å². The van der Waals surface area contributed by atoms with E-state index in [-0.39, 0.29) is 5.54 Å². The molecule has 0 spiro atoms. The molecule has 1 N–H and O–H groups in total. The lowest BCUT2D eigenvalue weighted by atomic mass is 9.81. The van der Waals surface area contributed by atoms with Gasteiger partial charge in [-0.2, -0.15) is 11.8 Å². The lowest BCUT2D eigenvalue weighted by Crippen LogP contribution is -2.49. The Balaban J connectivity index is 2.48. The largest absolute Gasteiger partial charge is 0.308 e. The fraction of sp³-hybridized carbons (Fsp3) is 1.00. The molecular weight excluding hydrogens is 202 g/mol. The van der Waals surface area contributed by atoms with Crippen molar-refractivity contribution in [1.29, 1.82) is 0 Å². The van der Waals surface area contributed by atoms with Crippen LogP contribution in [0.4, 0.5) is 0 Å². The van der Waals surface area contributed by atoms with E-state index in [1.807, 2.05) is 0 Å². The summed E-state index contributed by atoms with van der Waals surface area (Å²) in [6.45, 7) is 14.0. The van der Waals surface area contributed by atoms with Crippen LogP contribution in [0.25, 0.3) is 0 Å². The molecule has 1 aliphatic heterocycles. The van der Waals surface area contributed by atoms with Crippen LogP contribution < -0.4 is 5.32 Å². The van der Waals surface area contributed by atoms with Crippen LogP contribution in [0.2, 0.25) is 0 Å². The van der Waals surface area contributed by atoms with Gasteiger partial charge < -0.3 is 5.32 Å². The van der Waals surface area contributed by atoms with Gasteiger partial charge in [-0.1, -0.05) is 27.7 Å². The SMILES string of the molecule is CC1SCCC1NC(C)(C)CC(C)(C)C. The molecule has 0 bridgehead atoms. The summed E-state index contributed by atoms with van der Waals surface area (Å²) < 4.78 is 0. The topological polar surface area (TPSA) is 12.0 Å². The molecule has 0 saturated carbocycles. The van der Waals surface area contributed by atoms with E-state index in [0.717, 1.165) is 5.25 Å². The van der Waals surface area contributed by atoms with Gasteiger partial charge in [-0.25, -0.2) is 0 Å². The van der Waals surface area contributed by atoms with Gasteiger partial charge in [0, 0.05) is 16.8 Å². The van der Waals surface area contributed by atoms with E-state index in [4.69, 9.17) is 0 Å². The summed E-state index contributed by atoms with van der Waals surface area (Å²) in [4.78, 5) is 0. The molecule has 1 rings (SSSR count). The van der Waals surface area contributed by atoms with Crippen LogP contribution in [0.15, 0.2) is 0 Å². The number of rotatable bonds is 3. The van der Waals surface area contributed by atoms with Gasteiger partial charge in [-0.05, 0) is 37.9 Å². The third-order valence-electron chi connectivity index (χ3n) is 2.92. The maximum absolute atomic E-state index is 3.84. The maximum atomic E-state index is 3.84. The number of hydrogen-bond donors (Lipinski definition) is 1. The second-order valence-corrected chi connectivity index (χ2v) is 8.22. The number of thioether (sulfide) groups is 1. The first-order chi connectivity index (χ1) is 6.70. The first-order valence-corrected chi connectivity index (χ1v) is 7.14. The van der Waals surface area contributed by atoms with Gasteiger partial charge in [0.15, 0.2) is 0 Å². The Labute approximate surface area is 99.8 Å². The molecule has 1 nitrogen and oxygen atoms in total. The summed E-state index contributed by atoms with van der Waals surface area (Å²) in [6.07, 6.45) is 2.56. The molecule has 1 aliphatic rings. The summed E-state index contributed by atoms with van der Waals surface area (Å²) in [5, 5.41) is 4.62. The smallest absolute Gasteiger partial charge is 0.0196 e. The van der Waals surface area contributed by atoms with E-state index in [0.29, 0.717) is 11.5 Å². The summed E-state index contributed by atoms with van der Waals surface area (Å²) >= 11 is 2.10. The van der Waals surface area contributed by atoms with Crippen LogP contribution in [0.3, 0.4) is 0 Å². The maximum Gasteiger partial charge on any atom is 0.0196 e. The Morgan fingerprint density at radius 2 is 1.80 bits per heavy atom. The van der Waals surface area contributed by atoms with Crippen molar-refractivity contribution in [2.45, 2.75) is 71.2 Å². The first kappa shape index (κ1) is 13.4. The predicted octanol–water partition coefficient (Wildman–Crippen LogP) is 3.68. The average Bonchev–Trinajstić information content (AvgIpc) is 2.29. The summed E-state index contributed by atoms with van der Waals surface area (Å²) in [7, 11) is 0.